The van der Waals surface area contributed by atoms with Gasteiger partial charge in [-0.2, -0.15) is 0 Å². The summed E-state index contributed by atoms with van der Waals surface area (Å²) in [7, 11) is 0. The van der Waals surface area contributed by atoms with Crippen LogP contribution in [-0.4, -0.2) is 32.3 Å². The molecule has 8 aromatic rings. The predicted octanol–water partition coefficient (Wildman–Crippen LogP) is 11.0. The first-order chi connectivity index (χ1) is 29.3. The standard InChI is InChI=1S/C52H58AsN7.ClH/c1-35-29-46-49(32-42(35)54)59(39-21-15-13-16-22-39)51-34-45(37(3)31-48(51)58-46)56-28-20-12-10-8-6-5-7-9-11-19-27-53-41-25-26-44-52(38(41)4)60(40-23-17-14-18-24-40)50-33-43(55)36(2)30-47(50)57-44;/h13-18,21-26,29-34,53,55H,5-12,19-20,27-28H2,1-4H3,(H2,54,56);1H/p+2. The summed E-state index contributed by atoms with van der Waals surface area (Å²) in [6.45, 7) is 9.55. The first-order valence-corrected chi connectivity index (χ1v) is 24.5. The summed E-state index contributed by atoms with van der Waals surface area (Å²) in [5.41, 5.74) is 30.9. The number of rotatable bonds is 17. The van der Waals surface area contributed by atoms with Gasteiger partial charge in [-0.15, -0.1) is 17.0 Å². The zero-order valence-corrected chi connectivity index (χ0v) is 39.1. The molecule has 2 aromatic heterocycles. The number of aryl methyl sites for hydroxylation is 4. The molecule has 0 aliphatic carbocycles. The molecule has 0 radical (unpaired) electrons. The molecule has 0 aliphatic rings. The Hall–Kier alpha value is -5.23. The average Bonchev–Trinajstić information content (AvgIpc) is 3.25. The second-order valence-corrected chi connectivity index (χ2v) is 19.5. The number of unbranched alkanes of at least 4 members (excludes halogenated alkanes) is 9. The van der Waals surface area contributed by atoms with Gasteiger partial charge in [0.15, 0.2) is 0 Å². The summed E-state index contributed by atoms with van der Waals surface area (Å²) in [4.78, 5) is 10.2. The third-order valence-electron chi connectivity index (χ3n) is 12.1. The van der Waals surface area contributed by atoms with Crippen LogP contribution in [0.3, 0.4) is 0 Å². The van der Waals surface area contributed by atoms with Crippen molar-refractivity contribution in [3.63, 3.8) is 0 Å². The van der Waals surface area contributed by atoms with Gasteiger partial charge < -0.3 is 11.1 Å². The number of hydrogen-bond donors (Lipinski definition) is 3. The fourth-order valence-corrected chi connectivity index (χ4v) is 11.3. The average molecular weight is 894 g/mol. The van der Waals surface area contributed by atoms with Crippen LogP contribution in [0, 0.1) is 27.7 Å². The van der Waals surface area contributed by atoms with Gasteiger partial charge in [0.1, 0.15) is 11.0 Å². The number of nitrogens with one attached hydrogen (secondary N) is 1. The minimum Gasteiger partial charge on any atom is -0.398 e. The molecule has 0 bridgehead atoms. The minimum atomic E-state index is -0.233. The fraction of sp³-hybridized carbons (Fsp3) is 0.308. The maximum atomic E-state index is 6.43. The third kappa shape index (κ3) is 9.80. The Labute approximate surface area is 374 Å². The van der Waals surface area contributed by atoms with Crippen molar-refractivity contribution in [3.8, 4) is 11.4 Å². The van der Waals surface area contributed by atoms with Gasteiger partial charge in [0.25, 0.3) is 0 Å². The largest absolute Gasteiger partial charge is 0.398 e. The number of hydrogen-bond acceptors (Lipinski definition) is 5. The van der Waals surface area contributed by atoms with Crippen molar-refractivity contribution < 1.29 is 9.13 Å². The molecule has 0 aliphatic heterocycles. The molecule has 6 aromatic carbocycles. The van der Waals surface area contributed by atoms with Crippen LogP contribution in [0.4, 0.5) is 17.1 Å². The Kier molecular flexibility index (Phi) is 14.4. The number of nitrogen functional groups attached to an aromatic ring is 2. The predicted molar refractivity (Wildman–Crippen MR) is 263 cm³/mol. The van der Waals surface area contributed by atoms with Gasteiger partial charge in [-0.1, -0.05) is 18.2 Å². The summed E-state index contributed by atoms with van der Waals surface area (Å²) in [5.74, 6) is 0. The molecule has 0 fully saturated rings. The van der Waals surface area contributed by atoms with E-state index in [0.717, 1.165) is 79.0 Å². The van der Waals surface area contributed by atoms with Gasteiger partial charge in [0.05, 0.1) is 0 Å². The van der Waals surface area contributed by atoms with E-state index < -0.39 is 0 Å². The Balaban J connectivity index is 0.00000561. The van der Waals surface area contributed by atoms with Crippen LogP contribution in [0.2, 0.25) is 5.21 Å². The molecule has 0 saturated heterocycles. The second kappa shape index (κ2) is 20.1. The van der Waals surface area contributed by atoms with Gasteiger partial charge in [0, 0.05) is 35.6 Å². The van der Waals surface area contributed by atoms with Gasteiger partial charge in [0.2, 0.25) is 16.7 Å². The summed E-state index contributed by atoms with van der Waals surface area (Å²) in [6.07, 6.45) is 13.2. The van der Waals surface area contributed by atoms with Crippen LogP contribution < -0.4 is 30.3 Å². The molecule has 314 valence electrons. The van der Waals surface area contributed by atoms with E-state index in [1.165, 1.54) is 91.7 Å². The smallest absolute Gasteiger partial charge is 0.239 e. The topological polar surface area (TPSA) is 97.6 Å². The van der Waals surface area contributed by atoms with Crippen molar-refractivity contribution >= 4 is 93.7 Å². The second-order valence-electron chi connectivity index (χ2n) is 16.6. The van der Waals surface area contributed by atoms with E-state index in [1.54, 1.807) is 4.35 Å². The number of aromatic nitrogens is 4. The van der Waals surface area contributed by atoms with Crippen molar-refractivity contribution in [2.45, 2.75) is 97.1 Å². The van der Waals surface area contributed by atoms with E-state index in [4.69, 9.17) is 21.4 Å². The van der Waals surface area contributed by atoms with Crippen LogP contribution in [0.15, 0.2) is 109 Å². The molecule has 1 unspecified atom stereocenters. The Morgan fingerprint density at radius 3 is 1.57 bits per heavy atom. The normalized spacial score (nSPS) is 11.7. The SMILES string of the molecule is Cc1cc2nc3cc(C)c(NCCCCCCCCCCCC[AsH]c4ccc5nc6cc(C)c(N)cc6[n+](-c6ccccc6)c5c4C)cc3[n+](-c3ccccc3)c2cc1N.Cl. The van der Waals surface area contributed by atoms with E-state index >= 15 is 0 Å². The summed E-state index contributed by atoms with van der Waals surface area (Å²) < 4.78 is 6.21. The van der Waals surface area contributed by atoms with E-state index in [1.807, 2.05) is 6.92 Å². The molecule has 7 nitrogen and oxygen atoms in total. The number of fused-ring (bicyclic) bond motifs is 4. The van der Waals surface area contributed by atoms with Crippen molar-refractivity contribution in [3.05, 3.63) is 131 Å². The van der Waals surface area contributed by atoms with Crippen LogP contribution in [0.1, 0.15) is 86.5 Å². The van der Waals surface area contributed by atoms with Crippen molar-refractivity contribution in [2.24, 2.45) is 0 Å². The summed E-state index contributed by atoms with van der Waals surface area (Å²) in [6, 6.07) is 38.6. The molecular formula is C52H61AsClN7+2. The monoisotopic (exact) mass is 893 g/mol. The van der Waals surface area contributed by atoms with E-state index in [0.29, 0.717) is 0 Å². The Bertz CT molecular complexity index is 2760. The third-order valence-corrected chi connectivity index (χ3v) is 15.4. The van der Waals surface area contributed by atoms with Gasteiger partial charge in [-0.05, 0) is 37.1 Å². The van der Waals surface area contributed by atoms with Gasteiger partial charge in [-0.3, -0.25) is 0 Å². The molecular weight excluding hydrogens is 833 g/mol. The molecule has 2 heterocycles. The van der Waals surface area contributed by atoms with Gasteiger partial charge >= 0.3 is 224 Å². The van der Waals surface area contributed by atoms with E-state index in [-0.39, 0.29) is 28.2 Å². The number of nitrogens with zero attached hydrogens (tertiary/aromatic N) is 4. The van der Waals surface area contributed by atoms with Crippen LogP contribution in [-0.2, 0) is 0 Å². The van der Waals surface area contributed by atoms with E-state index in [2.05, 4.69) is 144 Å². The van der Waals surface area contributed by atoms with Crippen molar-refractivity contribution in [1.82, 2.24) is 9.97 Å². The minimum absolute atomic E-state index is 0. The number of benzene rings is 6. The fourth-order valence-electron chi connectivity index (χ4n) is 8.64. The zero-order valence-electron chi connectivity index (χ0n) is 36.2. The first kappa shape index (κ1) is 43.8. The molecule has 0 spiro atoms. The van der Waals surface area contributed by atoms with Crippen LogP contribution >= 0.6 is 12.4 Å². The quantitative estimate of drug-likeness (QED) is 0.0278. The van der Waals surface area contributed by atoms with Crippen molar-refractivity contribution in [1.29, 1.82) is 0 Å². The van der Waals surface area contributed by atoms with E-state index in [9.17, 15) is 0 Å². The Morgan fingerprint density at radius 2 is 0.984 bits per heavy atom. The zero-order chi connectivity index (χ0) is 41.6. The number of nitrogens with two attached hydrogens (primary N) is 2. The molecule has 9 heteroatoms. The first-order valence-electron chi connectivity index (χ1n) is 22.0. The number of halogens is 1. The maximum absolute atomic E-state index is 6.43. The number of para-hydroxylation sites is 2. The summed E-state index contributed by atoms with van der Waals surface area (Å²) >= 11 is -0.233. The Morgan fingerprint density at radius 1 is 0.508 bits per heavy atom. The molecule has 5 N–H and O–H groups in total. The number of anilines is 3. The van der Waals surface area contributed by atoms with Crippen LogP contribution in [0.5, 0.6) is 0 Å². The summed E-state index contributed by atoms with van der Waals surface area (Å²) in [5, 5.41) is 5.10. The molecule has 0 amide bonds. The molecule has 61 heavy (non-hydrogen) atoms. The van der Waals surface area contributed by atoms with Gasteiger partial charge in [-0.25, -0.2) is 4.98 Å². The molecule has 0 saturated carbocycles. The molecule has 1 atom stereocenters. The molecule has 8 rings (SSSR count). The van der Waals surface area contributed by atoms with Crippen molar-refractivity contribution in [2.75, 3.05) is 23.3 Å². The van der Waals surface area contributed by atoms with Crippen LogP contribution in [0.25, 0.3) is 55.5 Å². The maximum Gasteiger partial charge on any atom is 0.239 e.